The van der Waals surface area contributed by atoms with Gasteiger partial charge in [-0.1, -0.05) is 13.8 Å². The number of rotatable bonds is 5. The summed E-state index contributed by atoms with van der Waals surface area (Å²) in [6, 6.07) is 2.75. The molecule has 1 unspecified atom stereocenters. The van der Waals surface area contributed by atoms with E-state index in [2.05, 4.69) is 33.5 Å². The van der Waals surface area contributed by atoms with E-state index in [0.29, 0.717) is 16.7 Å². The van der Waals surface area contributed by atoms with Crippen LogP contribution < -0.4 is 5.32 Å². The van der Waals surface area contributed by atoms with Crippen molar-refractivity contribution in [2.45, 2.75) is 33.2 Å². The zero-order valence-corrected chi connectivity index (χ0v) is 12.0. The lowest BCUT2D eigenvalue weighted by Crippen LogP contribution is -2.10. The summed E-state index contributed by atoms with van der Waals surface area (Å²) in [5.41, 5.74) is 0.392. The Balaban J connectivity index is 2.05. The van der Waals surface area contributed by atoms with E-state index in [-0.39, 0.29) is 11.9 Å². The van der Waals surface area contributed by atoms with Crippen molar-refractivity contribution < 1.29 is 4.39 Å². The van der Waals surface area contributed by atoms with Gasteiger partial charge in [-0.2, -0.15) is 4.37 Å². The van der Waals surface area contributed by atoms with Crippen molar-refractivity contribution in [3.63, 3.8) is 0 Å². The summed E-state index contributed by atoms with van der Waals surface area (Å²) in [5.74, 6) is 1.04. The molecule has 0 fully saturated rings. The average Bonchev–Trinajstić information content (AvgIpc) is 2.76. The van der Waals surface area contributed by atoms with Gasteiger partial charge in [-0.15, -0.1) is 0 Å². The summed E-state index contributed by atoms with van der Waals surface area (Å²) >= 11 is 1.30. The summed E-state index contributed by atoms with van der Waals surface area (Å²) in [7, 11) is 0. The van der Waals surface area contributed by atoms with Gasteiger partial charge in [-0.05, 0) is 25.0 Å². The van der Waals surface area contributed by atoms with Crippen molar-refractivity contribution in [1.29, 1.82) is 0 Å². The molecule has 0 radical (unpaired) electrons. The highest BCUT2D eigenvalue weighted by molar-refractivity contribution is 7.09. The SMILES string of the molecule is CC(C)Cc1nsc(NC(C)c2ncccc2F)n1. The number of hydrogen-bond acceptors (Lipinski definition) is 5. The molecule has 4 nitrogen and oxygen atoms in total. The number of halogens is 1. The quantitative estimate of drug-likeness (QED) is 0.911. The lowest BCUT2D eigenvalue weighted by molar-refractivity contribution is 0.587. The monoisotopic (exact) mass is 280 g/mol. The Morgan fingerprint density at radius 3 is 2.84 bits per heavy atom. The van der Waals surface area contributed by atoms with Crippen LogP contribution in [0.15, 0.2) is 18.3 Å². The molecule has 0 saturated heterocycles. The Kier molecular flexibility index (Phi) is 4.42. The fraction of sp³-hybridized carbons (Fsp3) is 0.462. The molecule has 0 saturated carbocycles. The Hall–Kier alpha value is -1.56. The topological polar surface area (TPSA) is 50.7 Å². The molecule has 0 aliphatic heterocycles. The van der Waals surface area contributed by atoms with Gasteiger partial charge in [0.1, 0.15) is 11.6 Å². The molecular formula is C13H17FN4S. The van der Waals surface area contributed by atoms with Gasteiger partial charge in [0.25, 0.3) is 0 Å². The van der Waals surface area contributed by atoms with Crippen molar-refractivity contribution in [3.8, 4) is 0 Å². The van der Waals surface area contributed by atoms with Crippen LogP contribution in [-0.2, 0) is 6.42 Å². The van der Waals surface area contributed by atoms with Crippen molar-refractivity contribution in [3.05, 3.63) is 35.7 Å². The lowest BCUT2D eigenvalue weighted by atomic mass is 10.1. The maximum atomic E-state index is 13.6. The van der Waals surface area contributed by atoms with Crippen LogP contribution >= 0.6 is 11.5 Å². The normalized spacial score (nSPS) is 12.7. The van der Waals surface area contributed by atoms with Crippen molar-refractivity contribution in [2.24, 2.45) is 5.92 Å². The van der Waals surface area contributed by atoms with Crippen LogP contribution in [0.3, 0.4) is 0 Å². The fourth-order valence-electron chi connectivity index (χ4n) is 1.73. The van der Waals surface area contributed by atoms with Gasteiger partial charge in [0.05, 0.1) is 11.7 Å². The second kappa shape index (κ2) is 6.06. The Morgan fingerprint density at radius 2 is 2.16 bits per heavy atom. The zero-order valence-electron chi connectivity index (χ0n) is 11.2. The van der Waals surface area contributed by atoms with Gasteiger partial charge >= 0.3 is 0 Å². The molecule has 19 heavy (non-hydrogen) atoms. The molecule has 0 amide bonds. The van der Waals surface area contributed by atoms with Crippen LogP contribution in [0.25, 0.3) is 0 Å². The maximum absolute atomic E-state index is 13.6. The molecule has 2 aromatic heterocycles. The standard InChI is InChI=1S/C13H17FN4S/c1-8(2)7-11-17-13(19-18-11)16-9(3)12-10(14)5-4-6-15-12/h4-6,8-9H,7H2,1-3H3,(H,16,17,18). The first kappa shape index (κ1) is 13.9. The third-order valence-electron chi connectivity index (χ3n) is 2.60. The van der Waals surface area contributed by atoms with Crippen LogP contribution in [0, 0.1) is 11.7 Å². The van der Waals surface area contributed by atoms with Gasteiger partial charge in [0.2, 0.25) is 5.13 Å². The Labute approximate surface area is 116 Å². The minimum absolute atomic E-state index is 0.235. The van der Waals surface area contributed by atoms with E-state index in [1.54, 1.807) is 12.3 Å². The Morgan fingerprint density at radius 1 is 1.37 bits per heavy atom. The summed E-state index contributed by atoms with van der Waals surface area (Å²) in [5, 5.41) is 3.84. The summed E-state index contributed by atoms with van der Waals surface area (Å²) in [4.78, 5) is 8.44. The highest BCUT2D eigenvalue weighted by Crippen LogP contribution is 2.21. The number of nitrogens with one attached hydrogen (secondary N) is 1. The summed E-state index contributed by atoms with van der Waals surface area (Å²) in [6.07, 6.45) is 2.44. The minimum Gasteiger partial charge on any atom is -0.352 e. The third kappa shape index (κ3) is 3.70. The molecule has 1 atom stereocenters. The van der Waals surface area contributed by atoms with E-state index in [1.165, 1.54) is 17.6 Å². The van der Waals surface area contributed by atoms with E-state index in [0.717, 1.165) is 12.2 Å². The summed E-state index contributed by atoms with van der Waals surface area (Å²) < 4.78 is 17.9. The predicted octanol–water partition coefficient (Wildman–Crippen LogP) is 3.44. The molecule has 0 spiro atoms. The number of nitrogens with zero attached hydrogens (tertiary/aromatic N) is 3. The first-order chi connectivity index (χ1) is 9.06. The molecule has 2 heterocycles. The van der Waals surface area contributed by atoms with E-state index < -0.39 is 0 Å². The van der Waals surface area contributed by atoms with E-state index in [9.17, 15) is 4.39 Å². The minimum atomic E-state index is -0.311. The van der Waals surface area contributed by atoms with Gasteiger partial charge in [0.15, 0.2) is 0 Å². The van der Waals surface area contributed by atoms with Crippen LogP contribution in [0.1, 0.15) is 38.3 Å². The van der Waals surface area contributed by atoms with Gasteiger partial charge in [-0.25, -0.2) is 9.37 Å². The smallest absolute Gasteiger partial charge is 0.203 e. The van der Waals surface area contributed by atoms with Crippen molar-refractivity contribution in [2.75, 3.05) is 5.32 Å². The van der Waals surface area contributed by atoms with E-state index in [1.807, 2.05) is 6.92 Å². The molecule has 6 heteroatoms. The average molecular weight is 280 g/mol. The largest absolute Gasteiger partial charge is 0.352 e. The first-order valence-electron chi connectivity index (χ1n) is 6.25. The second-order valence-electron chi connectivity index (χ2n) is 4.85. The number of aromatic nitrogens is 3. The Bertz CT molecular complexity index is 541. The van der Waals surface area contributed by atoms with Crippen LogP contribution in [0.4, 0.5) is 9.52 Å². The molecule has 0 aliphatic rings. The molecule has 2 rings (SSSR count). The molecule has 0 bridgehead atoms. The maximum Gasteiger partial charge on any atom is 0.203 e. The molecule has 102 valence electrons. The number of pyridine rings is 1. The first-order valence-corrected chi connectivity index (χ1v) is 7.03. The number of anilines is 1. The van der Waals surface area contributed by atoms with E-state index >= 15 is 0 Å². The lowest BCUT2D eigenvalue weighted by Gasteiger charge is -2.12. The van der Waals surface area contributed by atoms with Crippen LogP contribution in [-0.4, -0.2) is 14.3 Å². The molecule has 0 aliphatic carbocycles. The van der Waals surface area contributed by atoms with Crippen LogP contribution in [0.2, 0.25) is 0 Å². The van der Waals surface area contributed by atoms with Crippen LogP contribution in [0.5, 0.6) is 0 Å². The predicted molar refractivity (Wildman–Crippen MR) is 74.7 cm³/mol. The zero-order chi connectivity index (χ0) is 13.8. The number of hydrogen-bond donors (Lipinski definition) is 1. The molecule has 1 N–H and O–H groups in total. The molecule has 2 aromatic rings. The van der Waals surface area contributed by atoms with E-state index in [4.69, 9.17) is 0 Å². The summed E-state index contributed by atoms with van der Waals surface area (Å²) in [6.45, 7) is 6.11. The van der Waals surface area contributed by atoms with Gasteiger partial charge < -0.3 is 5.32 Å². The second-order valence-corrected chi connectivity index (χ2v) is 5.60. The fourth-order valence-corrected chi connectivity index (χ4v) is 2.41. The van der Waals surface area contributed by atoms with Crippen molar-refractivity contribution in [1.82, 2.24) is 14.3 Å². The van der Waals surface area contributed by atoms with Crippen molar-refractivity contribution >= 4 is 16.7 Å². The highest BCUT2D eigenvalue weighted by atomic mass is 32.1. The van der Waals surface area contributed by atoms with Gasteiger partial charge in [0, 0.05) is 24.2 Å². The third-order valence-corrected chi connectivity index (χ3v) is 3.28. The molecule has 0 aromatic carbocycles. The molecular weight excluding hydrogens is 263 g/mol. The van der Waals surface area contributed by atoms with Gasteiger partial charge in [-0.3, -0.25) is 4.98 Å². The highest BCUT2D eigenvalue weighted by Gasteiger charge is 2.14.